The van der Waals surface area contributed by atoms with Gasteiger partial charge in [-0.1, -0.05) is 25.3 Å². The summed E-state index contributed by atoms with van der Waals surface area (Å²) in [5, 5.41) is 2.95. The molecular weight excluding hydrogens is 375 g/mol. The van der Waals surface area contributed by atoms with Crippen LogP contribution in [0.4, 0.5) is 18.9 Å². The molecule has 1 unspecified atom stereocenters. The van der Waals surface area contributed by atoms with Crippen molar-refractivity contribution >= 4 is 17.5 Å². The van der Waals surface area contributed by atoms with Gasteiger partial charge in [0.25, 0.3) is 0 Å². The number of anilines is 1. The van der Waals surface area contributed by atoms with E-state index in [-0.39, 0.29) is 24.1 Å². The lowest BCUT2D eigenvalue weighted by Crippen LogP contribution is -2.45. The molecule has 9 heteroatoms. The highest BCUT2D eigenvalue weighted by Crippen LogP contribution is 2.31. The normalized spacial score (nSPS) is 16.3. The Morgan fingerprint density at radius 2 is 1.96 bits per heavy atom. The van der Waals surface area contributed by atoms with Crippen LogP contribution >= 0.6 is 0 Å². The molecular formula is C19H26F3N3O3. The molecule has 1 aromatic carbocycles. The molecule has 0 aliphatic heterocycles. The van der Waals surface area contributed by atoms with Crippen LogP contribution in [0.3, 0.4) is 0 Å². The number of ether oxygens (including phenoxy) is 1. The van der Waals surface area contributed by atoms with Crippen molar-refractivity contribution in [3.8, 4) is 5.75 Å². The molecule has 1 saturated carbocycles. The molecule has 0 heterocycles. The van der Waals surface area contributed by atoms with Crippen molar-refractivity contribution in [3.63, 3.8) is 0 Å². The van der Waals surface area contributed by atoms with Crippen molar-refractivity contribution in [2.45, 2.75) is 38.5 Å². The maximum atomic E-state index is 12.7. The van der Waals surface area contributed by atoms with Gasteiger partial charge >= 0.3 is 6.36 Å². The zero-order valence-corrected chi connectivity index (χ0v) is 15.8. The summed E-state index contributed by atoms with van der Waals surface area (Å²) in [6, 6.07) is 5.46. The van der Waals surface area contributed by atoms with Gasteiger partial charge in [-0.15, -0.1) is 13.2 Å². The van der Waals surface area contributed by atoms with Gasteiger partial charge in [0, 0.05) is 31.9 Å². The standard InChI is InChI=1S/C19H26F3N3O3/c1-25(18(27)16(17(23)26)13-6-3-2-4-7-13)11-10-24-14-8-5-9-15(12-14)28-19(20,21)22/h5,8-9,12-13,16,24H,2-4,6-7,10-11H2,1H3,(H2,23,26). The van der Waals surface area contributed by atoms with Gasteiger partial charge in [-0.05, 0) is 30.9 Å². The molecule has 0 radical (unpaired) electrons. The molecule has 3 N–H and O–H groups in total. The number of rotatable bonds is 8. The van der Waals surface area contributed by atoms with Crippen molar-refractivity contribution < 1.29 is 27.5 Å². The number of nitrogens with two attached hydrogens (primary N) is 1. The highest BCUT2D eigenvalue weighted by Gasteiger charge is 2.35. The van der Waals surface area contributed by atoms with Crippen molar-refractivity contribution in [2.75, 3.05) is 25.5 Å². The molecule has 0 bridgehead atoms. The van der Waals surface area contributed by atoms with E-state index in [9.17, 15) is 22.8 Å². The Morgan fingerprint density at radius 3 is 2.57 bits per heavy atom. The first-order valence-electron chi connectivity index (χ1n) is 9.31. The summed E-state index contributed by atoms with van der Waals surface area (Å²) < 4.78 is 40.7. The molecule has 28 heavy (non-hydrogen) atoms. The van der Waals surface area contributed by atoms with Gasteiger partial charge in [0.05, 0.1) is 0 Å². The lowest BCUT2D eigenvalue weighted by atomic mass is 9.79. The van der Waals surface area contributed by atoms with E-state index in [0.717, 1.165) is 32.1 Å². The van der Waals surface area contributed by atoms with Gasteiger partial charge in [-0.3, -0.25) is 9.59 Å². The second kappa shape index (κ2) is 9.66. The molecule has 2 amide bonds. The molecule has 1 fully saturated rings. The first kappa shape index (κ1) is 21.8. The van der Waals surface area contributed by atoms with E-state index in [0.29, 0.717) is 12.2 Å². The fraction of sp³-hybridized carbons (Fsp3) is 0.579. The van der Waals surface area contributed by atoms with Crippen LogP contribution in [0.15, 0.2) is 24.3 Å². The molecule has 0 spiro atoms. The van der Waals surface area contributed by atoms with Crippen LogP contribution in [-0.4, -0.2) is 43.2 Å². The number of nitrogens with one attached hydrogen (secondary N) is 1. The van der Waals surface area contributed by atoms with Crippen LogP contribution in [0.1, 0.15) is 32.1 Å². The number of likely N-dealkylation sites (N-methyl/N-ethyl adjacent to an activating group) is 1. The summed E-state index contributed by atoms with van der Waals surface area (Å²) in [6.07, 6.45) is -0.0390. The minimum absolute atomic E-state index is 0.0228. The van der Waals surface area contributed by atoms with Gasteiger partial charge in [0.1, 0.15) is 11.7 Å². The molecule has 0 aromatic heterocycles. The van der Waals surface area contributed by atoms with Crippen molar-refractivity contribution in [1.82, 2.24) is 4.90 Å². The van der Waals surface area contributed by atoms with Crippen LogP contribution in [0.25, 0.3) is 0 Å². The average molecular weight is 401 g/mol. The SMILES string of the molecule is CN(CCNc1cccc(OC(F)(F)F)c1)C(=O)C(C(N)=O)C1CCCCC1. The summed E-state index contributed by atoms with van der Waals surface area (Å²) >= 11 is 0. The van der Waals surface area contributed by atoms with Crippen LogP contribution in [0.5, 0.6) is 5.75 Å². The Labute approximate surface area is 162 Å². The number of carbonyl (C=O) groups excluding carboxylic acids is 2. The maximum absolute atomic E-state index is 12.7. The number of nitrogens with zero attached hydrogens (tertiary/aromatic N) is 1. The minimum Gasteiger partial charge on any atom is -0.406 e. The second-order valence-electron chi connectivity index (χ2n) is 7.04. The molecule has 2 rings (SSSR count). The third-order valence-electron chi connectivity index (χ3n) is 4.91. The predicted octanol–water partition coefficient (Wildman–Crippen LogP) is 3.14. The van der Waals surface area contributed by atoms with E-state index in [4.69, 9.17) is 5.73 Å². The highest BCUT2D eigenvalue weighted by atomic mass is 19.4. The van der Waals surface area contributed by atoms with Crippen LogP contribution in [0.2, 0.25) is 0 Å². The van der Waals surface area contributed by atoms with Crippen LogP contribution in [0, 0.1) is 11.8 Å². The number of alkyl halides is 3. The third kappa shape index (κ3) is 6.61. The first-order valence-corrected chi connectivity index (χ1v) is 9.31. The van der Waals surface area contributed by atoms with Crippen LogP contribution < -0.4 is 15.8 Å². The van der Waals surface area contributed by atoms with Gasteiger partial charge in [-0.25, -0.2) is 0 Å². The summed E-state index contributed by atoms with van der Waals surface area (Å²) in [7, 11) is 1.59. The summed E-state index contributed by atoms with van der Waals surface area (Å²) in [6.45, 7) is 0.577. The number of hydrogen-bond donors (Lipinski definition) is 2. The number of primary amides is 1. The van der Waals surface area contributed by atoms with E-state index in [1.54, 1.807) is 13.1 Å². The monoisotopic (exact) mass is 401 g/mol. The zero-order chi connectivity index (χ0) is 20.7. The molecule has 1 atom stereocenters. The fourth-order valence-electron chi connectivity index (χ4n) is 3.54. The lowest BCUT2D eigenvalue weighted by molar-refractivity contribution is -0.274. The largest absolute Gasteiger partial charge is 0.573 e. The molecule has 156 valence electrons. The van der Waals surface area contributed by atoms with Gasteiger partial charge < -0.3 is 20.7 Å². The summed E-state index contributed by atoms with van der Waals surface area (Å²) in [5.74, 6) is -2.09. The van der Waals surface area contributed by atoms with E-state index < -0.39 is 18.2 Å². The van der Waals surface area contributed by atoms with E-state index in [1.807, 2.05) is 0 Å². The topological polar surface area (TPSA) is 84.7 Å². The zero-order valence-electron chi connectivity index (χ0n) is 15.8. The molecule has 1 aliphatic carbocycles. The molecule has 0 saturated heterocycles. The van der Waals surface area contributed by atoms with Crippen molar-refractivity contribution in [1.29, 1.82) is 0 Å². The van der Waals surface area contributed by atoms with Crippen molar-refractivity contribution in [2.24, 2.45) is 17.6 Å². The average Bonchev–Trinajstić information content (AvgIpc) is 2.61. The summed E-state index contributed by atoms with van der Waals surface area (Å²) in [4.78, 5) is 26.0. The van der Waals surface area contributed by atoms with Gasteiger partial charge in [0.15, 0.2) is 0 Å². The predicted molar refractivity (Wildman–Crippen MR) is 98.5 cm³/mol. The minimum atomic E-state index is -4.76. The Morgan fingerprint density at radius 1 is 1.29 bits per heavy atom. The number of halogens is 3. The van der Waals surface area contributed by atoms with E-state index in [1.165, 1.54) is 23.1 Å². The maximum Gasteiger partial charge on any atom is 0.573 e. The molecule has 6 nitrogen and oxygen atoms in total. The molecule has 1 aromatic rings. The summed E-state index contributed by atoms with van der Waals surface area (Å²) in [5.41, 5.74) is 5.92. The number of benzene rings is 1. The highest BCUT2D eigenvalue weighted by molar-refractivity contribution is 5.99. The number of hydrogen-bond acceptors (Lipinski definition) is 4. The van der Waals surface area contributed by atoms with Crippen molar-refractivity contribution in [3.05, 3.63) is 24.3 Å². The Bertz CT molecular complexity index is 676. The smallest absolute Gasteiger partial charge is 0.406 e. The van der Waals surface area contributed by atoms with E-state index in [2.05, 4.69) is 10.1 Å². The Balaban J connectivity index is 1.88. The first-order chi connectivity index (χ1) is 13.2. The second-order valence-corrected chi connectivity index (χ2v) is 7.04. The number of amides is 2. The Kier molecular flexibility index (Phi) is 7.53. The Hall–Kier alpha value is -2.45. The molecule has 1 aliphatic rings. The lowest BCUT2D eigenvalue weighted by Gasteiger charge is -2.30. The number of carbonyl (C=O) groups is 2. The van der Waals surface area contributed by atoms with Gasteiger partial charge in [-0.2, -0.15) is 0 Å². The third-order valence-corrected chi connectivity index (χ3v) is 4.91. The van der Waals surface area contributed by atoms with Gasteiger partial charge in [0.2, 0.25) is 11.8 Å². The fourth-order valence-corrected chi connectivity index (χ4v) is 3.54. The van der Waals surface area contributed by atoms with Crippen LogP contribution in [-0.2, 0) is 9.59 Å². The van der Waals surface area contributed by atoms with E-state index >= 15 is 0 Å². The quantitative estimate of drug-likeness (QED) is 0.656.